The number of aryl methyl sites for hydroxylation is 1. The smallest absolute Gasteiger partial charge is 0.272 e. The number of nitrogens with zero attached hydrogens (tertiary/aromatic N) is 2. The molecule has 0 radical (unpaired) electrons. The van der Waals surface area contributed by atoms with Crippen LogP contribution in [0.4, 0.5) is 5.69 Å². The van der Waals surface area contributed by atoms with Gasteiger partial charge in [-0.05, 0) is 51.4 Å². The van der Waals surface area contributed by atoms with Gasteiger partial charge in [0.25, 0.3) is 5.69 Å². The zero-order valence-electron chi connectivity index (χ0n) is 12.8. The van der Waals surface area contributed by atoms with Gasteiger partial charge in [0.15, 0.2) is 0 Å². The van der Waals surface area contributed by atoms with E-state index in [1.54, 1.807) is 0 Å². The lowest BCUT2D eigenvalue weighted by Crippen LogP contribution is -2.39. The molecule has 0 amide bonds. The Kier molecular flexibility index (Phi) is 5.15. The first kappa shape index (κ1) is 16.9. The van der Waals surface area contributed by atoms with Gasteiger partial charge in [0.05, 0.1) is 9.82 Å². The molecule has 1 atom stereocenters. The van der Waals surface area contributed by atoms with Gasteiger partial charge in [0.2, 0.25) is 10.0 Å². The summed E-state index contributed by atoms with van der Waals surface area (Å²) < 4.78 is 27.2. The third kappa shape index (κ3) is 4.02. The first-order chi connectivity index (χ1) is 10.3. The van der Waals surface area contributed by atoms with E-state index in [1.807, 2.05) is 7.05 Å². The maximum Gasteiger partial charge on any atom is 0.272 e. The van der Waals surface area contributed by atoms with E-state index in [2.05, 4.69) is 9.62 Å². The molecule has 1 aromatic carbocycles. The van der Waals surface area contributed by atoms with Crippen LogP contribution in [0, 0.1) is 23.0 Å². The molecule has 1 heterocycles. The maximum absolute atomic E-state index is 12.3. The Bertz CT molecular complexity index is 660. The highest BCUT2D eigenvalue weighted by Gasteiger charge is 2.22. The number of hydrogen-bond donors (Lipinski definition) is 1. The van der Waals surface area contributed by atoms with Crippen molar-refractivity contribution in [2.24, 2.45) is 5.92 Å². The van der Waals surface area contributed by atoms with Crippen LogP contribution in [0.15, 0.2) is 23.1 Å². The largest absolute Gasteiger partial charge is 0.306 e. The standard InChI is InChI=1S/C14H21N3O4S/c1-11-8-13(5-6-14(11)17(18)19)22(20,21)15-9-12-4-3-7-16(2)10-12/h5-6,8,12,15H,3-4,7,9-10H2,1-2H3/t12-/m1/s1. The van der Waals surface area contributed by atoms with E-state index >= 15 is 0 Å². The minimum Gasteiger partial charge on any atom is -0.306 e. The molecule has 1 saturated heterocycles. The normalized spacial score (nSPS) is 20.0. The maximum atomic E-state index is 12.3. The molecule has 1 aliphatic heterocycles. The van der Waals surface area contributed by atoms with Gasteiger partial charge in [-0.15, -0.1) is 0 Å². The number of nitro benzene ring substituents is 1. The Labute approximate surface area is 130 Å². The number of sulfonamides is 1. The zero-order chi connectivity index (χ0) is 16.3. The average Bonchev–Trinajstić information content (AvgIpc) is 2.45. The Morgan fingerprint density at radius 3 is 2.77 bits per heavy atom. The average molecular weight is 327 g/mol. The van der Waals surface area contributed by atoms with E-state index in [9.17, 15) is 18.5 Å². The molecule has 0 unspecified atom stereocenters. The number of rotatable bonds is 5. The molecule has 0 saturated carbocycles. The van der Waals surface area contributed by atoms with E-state index in [0.29, 0.717) is 18.0 Å². The van der Waals surface area contributed by atoms with Crippen molar-refractivity contribution in [1.29, 1.82) is 0 Å². The van der Waals surface area contributed by atoms with E-state index < -0.39 is 14.9 Å². The number of piperidine rings is 1. The number of nitrogens with one attached hydrogen (secondary N) is 1. The number of likely N-dealkylation sites (tertiary alicyclic amines) is 1. The summed E-state index contributed by atoms with van der Waals surface area (Å²) in [7, 11) is -1.61. The summed E-state index contributed by atoms with van der Waals surface area (Å²) in [5.74, 6) is 0.299. The lowest BCUT2D eigenvalue weighted by atomic mass is 9.99. The molecule has 1 aliphatic rings. The van der Waals surface area contributed by atoms with Crippen LogP contribution in [0.1, 0.15) is 18.4 Å². The van der Waals surface area contributed by atoms with Gasteiger partial charge in [0.1, 0.15) is 0 Å². The summed E-state index contributed by atoms with van der Waals surface area (Å²) in [6.45, 7) is 3.85. The highest BCUT2D eigenvalue weighted by Crippen LogP contribution is 2.22. The monoisotopic (exact) mass is 327 g/mol. The third-order valence-electron chi connectivity index (χ3n) is 3.96. The molecule has 22 heavy (non-hydrogen) atoms. The van der Waals surface area contributed by atoms with Crippen LogP contribution in [0.5, 0.6) is 0 Å². The number of hydrogen-bond acceptors (Lipinski definition) is 5. The van der Waals surface area contributed by atoms with Crippen molar-refractivity contribution in [2.45, 2.75) is 24.7 Å². The summed E-state index contributed by atoms with van der Waals surface area (Å²) in [6, 6.07) is 3.85. The summed E-state index contributed by atoms with van der Waals surface area (Å²) in [6.07, 6.45) is 2.08. The summed E-state index contributed by atoms with van der Waals surface area (Å²) >= 11 is 0. The fourth-order valence-electron chi connectivity index (χ4n) is 2.75. The molecule has 1 fully saturated rings. The first-order valence-corrected chi connectivity index (χ1v) is 8.71. The minimum absolute atomic E-state index is 0.0692. The lowest BCUT2D eigenvalue weighted by molar-refractivity contribution is -0.385. The second-order valence-corrected chi connectivity index (χ2v) is 7.59. The van der Waals surface area contributed by atoms with Gasteiger partial charge in [-0.2, -0.15) is 0 Å². The first-order valence-electron chi connectivity index (χ1n) is 7.23. The predicted molar refractivity (Wildman–Crippen MR) is 83.2 cm³/mol. The van der Waals surface area contributed by atoms with Gasteiger partial charge in [-0.25, -0.2) is 13.1 Å². The quantitative estimate of drug-likeness (QED) is 0.654. The molecule has 7 nitrogen and oxygen atoms in total. The van der Waals surface area contributed by atoms with Crippen LogP contribution >= 0.6 is 0 Å². The van der Waals surface area contributed by atoms with Gasteiger partial charge in [-0.3, -0.25) is 10.1 Å². The van der Waals surface area contributed by atoms with Gasteiger partial charge in [0, 0.05) is 24.7 Å². The number of nitro groups is 1. The van der Waals surface area contributed by atoms with E-state index in [0.717, 1.165) is 25.9 Å². The molecule has 8 heteroatoms. The van der Waals surface area contributed by atoms with E-state index in [4.69, 9.17) is 0 Å². The molecule has 0 spiro atoms. The zero-order valence-corrected chi connectivity index (χ0v) is 13.6. The van der Waals surface area contributed by atoms with Gasteiger partial charge >= 0.3 is 0 Å². The molecular formula is C14H21N3O4S. The summed E-state index contributed by atoms with van der Waals surface area (Å²) in [5, 5.41) is 10.8. The van der Waals surface area contributed by atoms with Crippen LogP contribution in [-0.2, 0) is 10.0 Å². The van der Waals surface area contributed by atoms with Crippen molar-refractivity contribution in [3.63, 3.8) is 0 Å². The highest BCUT2D eigenvalue weighted by molar-refractivity contribution is 7.89. The Morgan fingerprint density at radius 2 is 2.18 bits per heavy atom. The second-order valence-electron chi connectivity index (χ2n) is 5.83. The Balaban J connectivity index is 2.07. The molecule has 2 rings (SSSR count). The van der Waals surface area contributed by atoms with Crippen LogP contribution in [0.2, 0.25) is 0 Å². The molecule has 0 bridgehead atoms. The molecule has 1 N–H and O–H groups in total. The minimum atomic E-state index is -3.63. The predicted octanol–water partition coefficient (Wildman–Crippen LogP) is 1.52. The van der Waals surface area contributed by atoms with Crippen molar-refractivity contribution in [3.8, 4) is 0 Å². The van der Waals surface area contributed by atoms with Crippen LogP contribution in [0.3, 0.4) is 0 Å². The Hall–Kier alpha value is -1.51. The van der Waals surface area contributed by atoms with Crippen LogP contribution in [-0.4, -0.2) is 44.9 Å². The molecular weight excluding hydrogens is 306 g/mol. The molecule has 0 aliphatic carbocycles. The van der Waals surface area contributed by atoms with Crippen molar-refractivity contribution in [3.05, 3.63) is 33.9 Å². The number of benzene rings is 1. The topological polar surface area (TPSA) is 92.6 Å². The fraction of sp³-hybridized carbons (Fsp3) is 0.571. The van der Waals surface area contributed by atoms with Crippen molar-refractivity contribution in [1.82, 2.24) is 9.62 Å². The fourth-order valence-corrected chi connectivity index (χ4v) is 3.95. The van der Waals surface area contributed by atoms with Crippen LogP contribution in [0.25, 0.3) is 0 Å². The lowest BCUT2D eigenvalue weighted by Gasteiger charge is -2.29. The molecule has 0 aromatic heterocycles. The van der Waals surface area contributed by atoms with E-state index in [-0.39, 0.29) is 10.6 Å². The molecule has 122 valence electrons. The Morgan fingerprint density at radius 1 is 1.45 bits per heavy atom. The van der Waals surface area contributed by atoms with Crippen LogP contribution < -0.4 is 4.72 Å². The van der Waals surface area contributed by atoms with Crippen molar-refractivity contribution in [2.75, 3.05) is 26.7 Å². The van der Waals surface area contributed by atoms with Crippen molar-refractivity contribution < 1.29 is 13.3 Å². The summed E-state index contributed by atoms with van der Waals surface area (Å²) in [4.78, 5) is 12.5. The highest BCUT2D eigenvalue weighted by atomic mass is 32.2. The summed E-state index contributed by atoms with van der Waals surface area (Å²) in [5.41, 5.74) is 0.262. The SMILES string of the molecule is Cc1cc(S(=O)(=O)NC[C@H]2CCCN(C)C2)ccc1[N+](=O)[O-]. The molecule has 1 aromatic rings. The second kappa shape index (κ2) is 6.72. The van der Waals surface area contributed by atoms with E-state index in [1.165, 1.54) is 25.1 Å². The van der Waals surface area contributed by atoms with Gasteiger partial charge < -0.3 is 4.90 Å². The van der Waals surface area contributed by atoms with Gasteiger partial charge in [-0.1, -0.05) is 0 Å². The van der Waals surface area contributed by atoms with Crippen molar-refractivity contribution >= 4 is 15.7 Å². The third-order valence-corrected chi connectivity index (χ3v) is 5.38.